The third kappa shape index (κ3) is 3.98. The second-order valence-electron chi connectivity index (χ2n) is 0.900. The van der Waals surface area contributed by atoms with Gasteiger partial charge in [0.05, 0.1) is 0 Å². The largest absolute Gasteiger partial charge is 2.00 e. The third-order valence-electron chi connectivity index (χ3n) is 0.283. The van der Waals surface area contributed by atoms with E-state index in [4.69, 9.17) is 13.0 Å². The van der Waals surface area contributed by atoms with Crippen LogP contribution in [0.5, 0.6) is 0 Å². The molecule has 0 unspecified atom stereocenters. The molecule has 0 bridgehead atoms. The Morgan fingerprint density at radius 2 is 1.33 bits per heavy atom. The Morgan fingerprint density at radius 1 is 1.22 bits per heavy atom. The molecule has 0 atom stereocenters. The Balaban J connectivity index is 0. The minimum Gasteiger partial charge on any atom is -0.741 e. The zero-order valence-electron chi connectivity index (χ0n) is 3.77. The van der Waals surface area contributed by atoms with Crippen LogP contribution in [0.15, 0.2) is 0 Å². The summed E-state index contributed by atoms with van der Waals surface area (Å²) in [6.45, 7) is 0. The first-order valence-corrected chi connectivity index (χ1v) is 2.68. The third-order valence-corrected chi connectivity index (χ3v) is 0.850. The Morgan fingerprint density at radius 3 is 1.33 bits per heavy atom. The molecular formula is CF3O3SSn+. The molecule has 0 aliphatic rings. The summed E-state index contributed by atoms with van der Waals surface area (Å²) in [7, 11) is -6.09. The minimum absolute atomic E-state index is 0. The topological polar surface area (TPSA) is 57.2 Å². The monoisotopic (exact) mass is 269 g/mol. The van der Waals surface area contributed by atoms with E-state index in [1.807, 2.05) is 0 Å². The van der Waals surface area contributed by atoms with Gasteiger partial charge in [0.25, 0.3) is 0 Å². The van der Waals surface area contributed by atoms with Crippen molar-refractivity contribution in [2.75, 3.05) is 0 Å². The summed E-state index contributed by atoms with van der Waals surface area (Å²) in [5, 5.41) is 0. The van der Waals surface area contributed by atoms with Crippen molar-refractivity contribution in [2.24, 2.45) is 0 Å². The molecule has 0 heterocycles. The quantitative estimate of drug-likeness (QED) is 0.343. The maximum atomic E-state index is 10.7. The van der Waals surface area contributed by atoms with E-state index in [0.717, 1.165) is 0 Å². The van der Waals surface area contributed by atoms with Gasteiger partial charge in [0, 0.05) is 0 Å². The molecule has 0 aromatic rings. The minimum atomic E-state index is -6.09. The molecule has 0 aromatic carbocycles. The molecule has 2 radical (unpaired) electrons. The van der Waals surface area contributed by atoms with E-state index in [2.05, 4.69) is 0 Å². The number of rotatable bonds is 0. The van der Waals surface area contributed by atoms with E-state index >= 15 is 0 Å². The van der Waals surface area contributed by atoms with Gasteiger partial charge in [0.15, 0.2) is 10.1 Å². The molecule has 0 aromatic heterocycles. The molecule has 0 amide bonds. The predicted molar refractivity (Wildman–Crippen MR) is 21.5 cm³/mol. The molecule has 0 saturated carbocycles. The second kappa shape index (κ2) is 3.06. The van der Waals surface area contributed by atoms with E-state index in [1.165, 1.54) is 0 Å². The normalized spacial score (nSPS) is 12.4. The van der Waals surface area contributed by atoms with Gasteiger partial charge in [-0.15, -0.1) is 0 Å². The fourth-order valence-corrected chi connectivity index (χ4v) is 0. The van der Waals surface area contributed by atoms with E-state index in [-0.39, 0.29) is 23.9 Å². The van der Waals surface area contributed by atoms with Crippen molar-refractivity contribution in [3.8, 4) is 0 Å². The van der Waals surface area contributed by atoms with Gasteiger partial charge in [-0.05, 0) is 0 Å². The molecule has 0 saturated heterocycles. The molecule has 0 N–H and O–H groups in total. The molecule has 0 fully saturated rings. The van der Waals surface area contributed by atoms with E-state index in [9.17, 15) is 13.2 Å². The molecule has 8 heteroatoms. The summed E-state index contributed by atoms with van der Waals surface area (Å²) in [5.74, 6) is 0. The van der Waals surface area contributed by atoms with Crippen molar-refractivity contribution in [2.45, 2.75) is 5.51 Å². The first kappa shape index (κ1) is 12.2. The van der Waals surface area contributed by atoms with Gasteiger partial charge in [0.1, 0.15) is 0 Å². The Kier molecular flexibility index (Phi) is 4.15. The summed E-state index contributed by atoms with van der Waals surface area (Å²) in [4.78, 5) is 0. The van der Waals surface area contributed by atoms with E-state index in [0.29, 0.717) is 0 Å². The molecule has 52 valence electrons. The van der Waals surface area contributed by atoms with Crippen molar-refractivity contribution in [3.05, 3.63) is 0 Å². The van der Waals surface area contributed by atoms with Crippen molar-refractivity contribution in [1.29, 1.82) is 0 Å². The van der Waals surface area contributed by atoms with Crippen LogP contribution in [0.1, 0.15) is 0 Å². The van der Waals surface area contributed by atoms with Gasteiger partial charge in [-0.1, -0.05) is 0 Å². The van der Waals surface area contributed by atoms with Crippen LogP contribution >= 0.6 is 0 Å². The van der Waals surface area contributed by atoms with Crippen LogP contribution in [0.25, 0.3) is 0 Å². The van der Waals surface area contributed by atoms with Crippen molar-refractivity contribution < 1.29 is 26.1 Å². The average molecular weight is 268 g/mol. The van der Waals surface area contributed by atoms with Crippen LogP contribution in [0, 0.1) is 0 Å². The van der Waals surface area contributed by atoms with Crippen LogP contribution in [-0.2, 0) is 10.1 Å². The number of halogens is 3. The van der Waals surface area contributed by atoms with Crippen LogP contribution in [-0.4, -0.2) is 42.4 Å². The number of alkyl halides is 3. The number of hydrogen-bond acceptors (Lipinski definition) is 3. The molecule has 3 nitrogen and oxygen atoms in total. The van der Waals surface area contributed by atoms with Crippen LogP contribution in [0.4, 0.5) is 13.2 Å². The van der Waals surface area contributed by atoms with E-state index < -0.39 is 15.6 Å². The van der Waals surface area contributed by atoms with Crippen molar-refractivity contribution in [1.82, 2.24) is 0 Å². The maximum Gasteiger partial charge on any atom is 2.00 e. The Bertz CT molecular complexity index is 168. The van der Waals surface area contributed by atoms with Crippen molar-refractivity contribution >= 4 is 34.0 Å². The standard InChI is InChI=1S/CHF3O3S.Sn/c2-1(3,4)8(5,6)7;/h(H,5,6,7);/q;+2/p-1. The molecular weight excluding hydrogens is 268 g/mol. The van der Waals surface area contributed by atoms with Gasteiger partial charge in [-0.2, -0.15) is 13.2 Å². The summed E-state index contributed by atoms with van der Waals surface area (Å²) < 4.78 is 58.9. The van der Waals surface area contributed by atoms with Gasteiger partial charge >= 0.3 is 29.4 Å². The Hall–Kier alpha value is 0.499. The van der Waals surface area contributed by atoms with Crippen LogP contribution in [0.3, 0.4) is 0 Å². The van der Waals surface area contributed by atoms with Crippen LogP contribution in [0.2, 0.25) is 0 Å². The van der Waals surface area contributed by atoms with Gasteiger partial charge in [0.2, 0.25) is 0 Å². The van der Waals surface area contributed by atoms with Crippen LogP contribution < -0.4 is 0 Å². The Labute approximate surface area is 65.9 Å². The first-order valence-electron chi connectivity index (χ1n) is 1.27. The fraction of sp³-hybridized carbons (Fsp3) is 1.00. The van der Waals surface area contributed by atoms with Gasteiger partial charge in [-0.25, -0.2) is 8.42 Å². The van der Waals surface area contributed by atoms with Gasteiger partial charge in [-0.3, -0.25) is 0 Å². The maximum absolute atomic E-state index is 10.7. The molecule has 0 rings (SSSR count). The fourth-order valence-electron chi connectivity index (χ4n) is 0. The van der Waals surface area contributed by atoms with Crippen molar-refractivity contribution in [3.63, 3.8) is 0 Å². The summed E-state index contributed by atoms with van der Waals surface area (Å²) >= 11 is 0. The zero-order valence-corrected chi connectivity index (χ0v) is 7.44. The number of hydrogen-bond donors (Lipinski definition) is 0. The second-order valence-corrected chi connectivity index (χ2v) is 2.27. The average Bonchev–Trinajstić information content (AvgIpc) is 1.25. The zero-order chi connectivity index (χ0) is 7.00. The molecule has 0 spiro atoms. The smallest absolute Gasteiger partial charge is 0.741 e. The molecule has 0 aliphatic heterocycles. The summed E-state index contributed by atoms with van der Waals surface area (Å²) in [5.41, 5.74) is -5.65. The molecule has 9 heavy (non-hydrogen) atoms. The van der Waals surface area contributed by atoms with Gasteiger partial charge < -0.3 is 4.55 Å². The summed E-state index contributed by atoms with van der Waals surface area (Å²) in [6, 6.07) is 0. The summed E-state index contributed by atoms with van der Waals surface area (Å²) in [6.07, 6.45) is 0. The SMILES string of the molecule is O=S(=O)([O-])C(F)(F)F.[Sn+2]. The predicted octanol–water partition coefficient (Wildman–Crippen LogP) is -0.329. The van der Waals surface area contributed by atoms with E-state index in [1.54, 1.807) is 0 Å². The molecule has 0 aliphatic carbocycles. The first-order chi connectivity index (χ1) is 3.25.